The molecule has 0 saturated carbocycles. The second-order valence-electron chi connectivity index (χ2n) is 4.05. The fourth-order valence-electron chi connectivity index (χ4n) is 1.66. The predicted octanol–water partition coefficient (Wildman–Crippen LogP) is 3.00. The number of aromatic nitrogens is 3. The lowest BCUT2D eigenvalue weighted by atomic mass is 10.3. The number of carbonyl (C=O) groups excluding carboxylic acids is 1. The van der Waals surface area contributed by atoms with E-state index >= 15 is 0 Å². The molecule has 0 saturated heterocycles. The van der Waals surface area contributed by atoms with Crippen LogP contribution in [0.2, 0.25) is 5.02 Å². The fraction of sp³-hybridized carbons (Fsp3) is 0.0769. The molecule has 8 heteroatoms. The van der Waals surface area contributed by atoms with E-state index in [2.05, 4.69) is 20.5 Å². The highest BCUT2D eigenvalue weighted by atomic mass is 35.5. The van der Waals surface area contributed by atoms with Crippen LogP contribution in [0.3, 0.4) is 0 Å². The first-order valence-electron chi connectivity index (χ1n) is 5.91. The maximum absolute atomic E-state index is 12.0. The van der Waals surface area contributed by atoms with Crippen molar-refractivity contribution in [3.63, 3.8) is 0 Å². The molecule has 1 aromatic carbocycles. The van der Waals surface area contributed by atoms with Crippen LogP contribution in [0.4, 0.5) is 5.13 Å². The number of amides is 1. The average Bonchev–Trinajstić information content (AvgIpc) is 2.88. The van der Waals surface area contributed by atoms with Gasteiger partial charge in [0.1, 0.15) is 0 Å². The summed E-state index contributed by atoms with van der Waals surface area (Å²) >= 11 is 7.26. The zero-order valence-electron chi connectivity index (χ0n) is 10.8. The Hall–Kier alpha value is -2.25. The van der Waals surface area contributed by atoms with Gasteiger partial charge in [-0.05, 0) is 24.3 Å². The van der Waals surface area contributed by atoms with E-state index in [0.717, 1.165) is 10.2 Å². The van der Waals surface area contributed by atoms with E-state index in [4.69, 9.17) is 16.3 Å². The molecule has 21 heavy (non-hydrogen) atoms. The van der Waals surface area contributed by atoms with Crippen LogP contribution in [-0.2, 0) is 0 Å². The van der Waals surface area contributed by atoms with Gasteiger partial charge in [0, 0.05) is 11.1 Å². The number of carbonyl (C=O) groups is 1. The normalized spacial score (nSPS) is 10.6. The lowest BCUT2D eigenvalue weighted by Crippen LogP contribution is -2.14. The largest absolute Gasteiger partial charge is 0.480 e. The Bertz CT molecular complexity index is 804. The number of halogens is 1. The Kier molecular flexibility index (Phi) is 3.68. The number of benzene rings is 1. The first-order valence-corrected chi connectivity index (χ1v) is 7.10. The van der Waals surface area contributed by atoms with Gasteiger partial charge in [0.05, 0.1) is 17.3 Å². The fourth-order valence-corrected chi connectivity index (χ4v) is 2.80. The number of anilines is 1. The molecule has 6 nitrogen and oxygen atoms in total. The molecule has 0 aliphatic heterocycles. The lowest BCUT2D eigenvalue weighted by molar-refractivity contribution is 0.102. The maximum Gasteiger partial charge on any atom is 0.277 e. The van der Waals surface area contributed by atoms with E-state index in [-0.39, 0.29) is 11.6 Å². The third kappa shape index (κ3) is 2.93. The van der Waals surface area contributed by atoms with Gasteiger partial charge in [0.15, 0.2) is 10.8 Å². The van der Waals surface area contributed by atoms with Gasteiger partial charge < -0.3 is 4.74 Å². The molecular weight excluding hydrogens is 312 g/mol. The third-order valence-corrected chi connectivity index (χ3v) is 3.82. The number of hydrogen-bond acceptors (Lipinski definition) is 6. The molecule has 0 radical (unpaired) electrons. The van der Waals surface area contributed by atoms with Crippen molar-refractivity contribution in [1.82, 2.24) is 15.2 Å². The molecule has 2 heterocycles. The third-order valence-electron chi connectivity index (χ3n) is 2.65. The second-order valence-corrected chi connectivity index (χ2v) is 5.51. The molecular formula is C13H9ClN4O2S. The molecule has 1 N–H and O–H groups in total. The molecule has 0 atom stereocenters. The van der Waals surface area contributed by atoms with Crippen molar-refractivity contribution in [1.29, 1.82) is 0 Å². The number of nitrogens with zero attached hydrogens (tertiary/aromatic N) is 3. The molecule has 0 aliphatic carbocycles. The van der Waals surface area contributed by atoms with Crippen molar-refractivity contribution in [2.75, 3.05) is 12.4 Å². The molecule has 0 spiro atoms. The van der Waals surface area contributed by atoms with Crippen LogP contribution in [0.25, 0.3) is 10.2 Å². The Morgan fingerprint density at radius 1 is 1.29 bits per heavy atom. The summed E-state index contributed by atoms with van der Waals surface area (Å²) in [5.41, 5.74) is 0.966. The lowest BCUT2D eigenvalue weighted by Gasteiger charge is -2.00. The van der Waals surface area contributed by atoms with E-state index in [9.17, 15) is 4.79 Å². The zero-order valence-corrected chi connectivity index (χ0v) is 12.4. The minimum absolute atomic E-state index is 0.188. The van der Waals surface area contributed by atoms with Crippen LogP contribution < -0.4 is 10.1 Å². The summed E-state index contributed by atoms with van der Waals surface area (Å²) in [5.74, 6) is -0.0310. The Balaban J connectivity index is 1.81. The van der Waals surface area contributed by atoms with E-state index in [0.29, 0.717) is 16.0 Å². The van der Waals surface area contributed by atoms with Gasteiger partial charge >= 0.3 is 0 Å². The summed E-state index contributed by atoms with van der Waals surface area (Å²) in [5, 5.41) is 11.3. The van der Waals surface area contributed by atoms with Crippen molar-refractivity contribution in [2.24, 2.45) is 0 Å². The molecule has 0 unspecified atom stereocenters. The van der Waals surface area contributed by atoms with Crippen LogP contribution in [0.1, 0.15) is 10.5 Å². The van der Waals surface area contributed by atoms with Gasteiger partial charge in [-0.3, -0.25) is 10.1 Å². The van der Waals surface area contributed by atoms with Crippen LogP contribution >= 0.6 is 22.9 Å². The molecule has 3 rings (SSSR count). The van der Waals surface area contributed by atoms with E-state index < -0.39 is 0 Å². The standard InChI is InChI=1S/C13H9ClN4O2S/c1-20-11-5-4-9(17-18-11)12(19)16-13-15-8-3-2-7(14)6-10(8)21-13/h2-6H,1H3,(H,15,16,19). The second kappa shape index (κ2) is 5.63. The first-order chi connectivity index (χ1) is 10.2. The SMILES string of the molecule is COc1ccc(C(=O)Nc2nc3ccc(Cl)cc3s2)nn1. The summed E-state index contributed by atoms with van der Waals surface area (Å²) in [4.78, 5) is 16.4. The highest BCUT2D eigenvalue weighted by Gasteiger charge is 2.12. The van der Waals surface area contributed by atoms with Crippen LogP contribution in [0.15, 0.2) is 30.3 Å². The maximum atomic E-state index is 12.0. The minimum Gasteiger partial charge on any atom is -0.480 e. The van der Waals surface area contributed by atoms with Gasteiger partial charge in [0.2, 0.25) is 5.88 Å². The minimum atomic E-state index is -0.379. The van der Waals surface area contributed by atoms with Gasteiger partial charge in [-0.25, -0.2) is 4.98 Å². The summed E-state index contributed by atoms with van der Waals surface area (Å²) < 4.78 is 5.79. The molecule has 1 amide bonds. The number of rotatable bonds is 3. The smallest absolute Gasteiger partial charge is 0.277 e. The molecule has 0 aliphatic rings. The summed E-state index contributed by atoms with van der Waals surface area (Å²) in [6.45, 7) is 0. The number of nitrogens with one attached hydrogen (secondary N) is 1. The number of thiazole rings is 1. The molecule has 106 valence electrons. The van der Waals surface area contributed by atoms with E-state index in [1.165, 1.54) is 24.5 Å². The average molecular weight is 321 g/mol. The molecule has 2 aromatic heterocycles. The Labute approximate surface area is 128 Å². The van der Waals surface area contributed by atoms with Crippen LogP contribution in [0.5, 0.6) is 5.88 Å². The number of ether oxygens (including phenoxy) is 1. The number of methoxy groups -OCH3 is 1. The number of fused-ring (bicyclic) bond motifs is 1. The molecule has 3 aromatic rings. The summed E-state index contributed by atoms with van der Waals surface area (Å²) in [7, 11) is 1.48. The van der Waals surface area contributed by atoms with Crippen LogP contribution in [-0.4, -0.2) is 28.2 Å². The van der Waals surface area contributed by atoms with Gasteiger partial charge in [-0.15, -0.1) is 10.2 Å². The van der Waals surface area contributed by atoms with Crippen molar-refractivity contribution in [3.05, 3.63) is 41.0 Å². The highest BCUT2D eigenvalue weighted by molar-refractivity contribution is 7.22. The molecule has 0 fully saturated rings. The summed E-state index contributed by atoms with van der Waals surface area (Å²) in [6, 6.07) is 8.46. The Morgan fingerprint density at radius 3 is 2.86 bits per heavy atom. The van der Waals surface area contributed by atoms with Crippen molar-refractivity contribution >= 4 is 44.2 Å². The van der Waals surface area contributed by atoms with Crippen molar-refractivity contribution in [3.8, 4) is 5.88 Å². The predicted molar refractivity (Wildman–Crippen MR) is 81.2 cm³/mol. The first kappa shape index (κ1) is 13.7. The zero-order chi connectivity index (χ0) is 14.8. The van der Waals surface area contributed by atoms with Crippen molar-refractivity contribution < 1.29 is 9.53 Å². The Morgan fingerprint density at radius 2 is 2.14 bits per heavy atom. The van der Waals surface area contributed by atoms with Gasteiger partial charge in [-0.2, -0.15) is 0 Å². The molecule has 0 bridgehead atoms. The monoisotopic (exact) mass is 320 g/mol. The number of hydrogen-bond donors (Lipinski definition) is 1. The van der Waals surface area contributed by atoms with E-state index in [1.54, 1.807) is 24.3 Å². The summed E-state index contributed by atoms with van der Waals surface area (Å²) in [6.07, 6.45) is 0. The van der Waals surface area contributed by atoms with Gasteiger partial charge in [-0.1, -0.05) is 22.9 Å². The van der Waals surface area contributed by atoms with Crippen molar-refractivity contribution in [2.45, 2.75) is 0 Å². The van der Waals surface area contributed by atoms with Gasteiger partial charge in [0.25, 0.3) is 5.91 Å². The topological polar surface area (TPSA) is 77.0 Å². The van der Waals surface area contributed by atoms with Crippen LogP contribution in [0, 0.1) is 0 Å². The quantitative estimate of drug-likeness (QED) is 0.802. The highest BCUT2D eigenvalue weighted by Crippen LogP contribution is 2.28. The van der Waals surface area contributed by atoms with E-state index in [1.807, 2.05) is 0 Å².